The highest BCUT2D eigenvalue weighted by Gasteiger charge is 2.29. The summed E-state index contributed by atoms with van der Waals surface area (Å²) >= 11 is 0. The van der Waals surface area contributed by atoms with Crippen LogP contribution in [0.5, 0.6) is 0 Å². The summed E-state index contributed by atoms with van der Waals surface area (Å²) in [4.78, 5) is 14.5. The van der Waals surface area contributed by atoms with E-state index in [1.54, 1.807) is 0 Å². The van der Waals surface area contributed by atoms with Gasteiger partial charge in [0.05, 0.1) is 0 Å². The van der Waals surface area contributed by atoms with E-state index in [1.807, 2.05) is 17.0 Å². The number of benzene rings is 1. The van der Waals surface area contributed by atoms with E-state index in [2.05, 4.69) is 26.0 Å². The Kier molecular flexibility index (Phi) is 5.80. The third-order valence-electron chi connectivity index (χ3n) is 4.86. The molecule has 2 unspecified atom stereocenters. The molecule has 1 fully saturated rings. The standard InChI is InChI=1S/C18H28N2O/c1-3-15-10-11-20(17(12-15)13-19)18(21)9-8-16-7-5-4-6-14(16)2/h4-7,15,17H,3,8-13,19H2,1-2H3. The van der Waals surface area contributed by atoms with E-state index < -0.39 is 0 Å². The molecule has 21 heavy (non-hydrogen) atoms. The van der Waals surface area contributed by atoms with Crippen molar-refractivity contribution in [2.45, 2.75) is 52.0 Å². The van der Waals surface area contributed by atoms with E-state index in [0.29, 0.717) is 13.0 Å². The molecule has 3 nitrogen and oxygen atoms in total. The predicted octanol–water partition coefficient (Wildman–Crippen LogP) is 2.90. The van der Waals surface area contributed by atoms with Crippen LogP contribution < -0.4 is 5.73 Å². The van der Waals surface area contributed by atoms with E-state index in [-0.39, 0.29) is 11.9 Å². The smallest absolute Gasteiger partial charge is 0.223 e. The Morgan fingerprint density at radius 3 is 2.81 bits per heavy atom. The molecule has 2 atom stereocenters. The van der Waals surface area contributed by atoms with Crippen LogP contribution in [0.4, 0.5) is 0 Å². The van der Waals surface area contributed by atoms with Gasteiger partial charge in [0.1, 0.15) is 0 Å². The fraction of sp³-hybridized carbons (Fsp3) is 0.611. The number of hydrogen-bond acceptors (Lipinski definition) is 2. The van der Waals surface area contributed by atoms with Crippen molar-refractivity contribution in [2.75, 3.05) is 13.1 Å². The number of nitrogens with two attached hydrogens (primary N) is 1. The lowest BCUT2D eigenvalue weighted by atomic mass is 9.88. The molecule has 1 heterocycles. The number of aryl methyl sites for hydroxylation is 2. The van der Waals surface area contributed by atoms with Gasteiger partial charge in [0.25, 0.3) is 0 Å². The summed E-state index contributed by atoms with van der Waals surface area (Å²) in [6.07, 6.45) is 4.82. The average Bonchev–Trinajstić information content (AvgIpc) is 2.53. The zero-order valence-electron chi connectivity index (χ0n) is 13.3. The Morgan fingerprint density at radius 1 is 1.38 bits per heavy atom. The first kappa shape index (κ1) is 16.0. The molecular formula is C18H28N2O. The van der Waals surface area contributed by atoms with E-state index in [0.717, 1.165) is 31.7 Å². The van der Waals surface area contributed by atoms with Crippen LogP contribution in [0.2, 0.25) is 0 Å². The zero-order valence-corrected chi connectivity index (χ0v) is 13.3. The van der Waals surface area contributed by atoms with Crippen LogP contribution in [0.3, 0.4) is 0 Å². The highest BCUT2D eigenvalue weighted by Crippen LogP contribution is 2.25. The second-order valence-electron chi connectivity index (χ2n) is 6.20. The molecule has 1 aliphatic rings. The van der Waals surface area contributed by atoms with Crippen LogP contribution in [0.15, 0.2) is 24.3 Å². The lowest BCUT2D eigenvalue weighted by molar-refractivity contribution is -0.135. The van der Waals surface area contributed by atoms with E-state index >= 15 is 0 Å². The molecule has 0 aromatic heterocycles. The fourth-order valence-electron chi connectivity index (χ4n) is 3.33. The monoisotopic (exact) mass is 288 g/mol. The maximum atomic E-state index is 12.5. The molecule has 0 saturated carbocycles. The number of nitrogens with zero attached hydrogens (tertiary/aromatic N) is 1. The number of amides is 1. The SMILES string of the molecule is CCC1CCN(C(=O)CCc2ccccc2C)C(CN)C1. The molecule has 116 valence electrons. The summed E-state index contributed by atoms with van der Waals surface area (Å²) in [5.41, 5.74) is 8.43. The maximum absolute atomic E-state index is 12.5. The summed E-state index contributed by atoms with van der Waals surface area (Å²) in [6, 6.07) is 8.55. The minimum absolute atomic E-state index is 0.244. The second-order valence-corrected chi connectivity index (χ2v) is 6.20. The Balaban J connectivity index is 1.92. The maximum Gasteiger partial charge on any atom is 0.223 e. The molecule has 0 aliphatic carbocycles. The molecule has 1 aliphatic heterocycles. The topological polar surface area (TPSA) is 46.3 Å². The molecular weight excluding hydrogens is 260 g/mol. The first-order valence-corrected chi connectivity index (χ1v) is 8.19. The lowest BCUT2D eigenvalue weighted by Gasteiger charge is -2.39. The molecule has 2 rings (SSSR count). The van der Waals surface area contributed by atoms with Crippen molar-refractivity contribution in [1.29, 1.82) is 0 Å². The van der Waals surface area contributed by atoms with Crippen LogP contribution in [-0.4, -0.2) is 29.9 Å². The highest BCUT2D eigenvalue weighted by atomic mass is 16.2. The lowest BCUT2D eigenvalue weighted by Crippen LogP contribution is -2.49. The third-order valence-corrected chi connectivity index (χ3v) is 4.86. The molecule has 1 aromatic rings. The number of carbonyl (C=O) groups is 1. The second kappa shape index (κ2) is 7.60. The molecule has 0 bridgehead atoms. The molecule has 1 amide bonds. The van der Waals surface area contributed by atoms with Gasteiger partial charge < -0.3 is 10.6 Å². The number of rotatable bonds is 5. The Labute approximate surface area is 128 Å². The summed E-state index contributed by atoms with van der Waals surface area (Å²) in [5, 5.41) is 0. The predicted molar refractivity (Wildman–Crippen MR) is 87.1 cm³/mol. The van der Waals surface area contributed by atoms with Crippen molar-refractivity contribution in [3.8, 4) is 0 Å². The summed E-state index contributed by atoms with van der Waals surface area (Å²) in [6.45, 7) is 5.81. The molecule has 3 heteroatoms. The largest absolute Gasteiger partial charge is 0.338 e. The first-order valence-electron chi connectivity index (χ1n) is 8.19. The minimum atomic E-state index is 0.244. The Bertz CT molecular complexity index is 472. The fourth-order valence-corrected chi connectivity index (χ4v) is 3.33. The van der Waals surface area contributed by atoms with Crippen LogP contribution >= 0.6 is 0 Å². The highest BCUT2D eigenvalue weighted by molar-refractivity contribution is 5.77. The van der Waals surface area contributed by atoms with E-state index in [9.17, 15) is 4.79 Å². The van der Waals surface area contributed by atoms with Gasteiger partial charge in [0.2, 0.25) is 5.91 Å². The number of hydrogen-bond donors (Lipinski definition) is 1. The van der Waals surface area contributed by atoms with Gasteiger partial charge in [-0.25, -0.2) is 0 Å². The van der Waals surface area contributed by atoms with Crippen LogP contribution in [0.25, 0.3) is 0 Å². The van der Waals surface area contributed by atoms with Crippen molar-refractivity contribution >= 4 is 5.91 Å². The van der Waals surface area contributed by atoms with Crippen LogP contribution in [0.1, 0.15) is 43.7 Å². The average molecular weight is 288 g/mol. The number of likely N-dealkylation sites (tertiary alicyclic amines) is 1. The van der Waals surface area contributed by atoms with E-state index in [1.165, 1.54) is 17.5 Å². The Morgan fingerprint density at radius 2 is 2.14 bits per heavy atom. The van der Waals surface area contributed by atoms with Crippen molar-refractivity contribution in [2.24, 2.45) is 11.7 Å². The normalized spacial score (nSPS) is 22.3. The van der Waals surface area contributed by atoms with Gasteiger partial charge in [-0.15, -0.1) is 0 Å². The van der Waals surface area contributed by atoms with Crippen LogP contribution in [-0.2, 0) is 11.2 Å². The van der Waals surface area contributed by atoms with Crippen molar-refractivity contribution in [1.82, 2.24) is 4.90 Å². The van der Waals surface area contributed by atoms with Gasteiger partial charge in [0.15, 0.2) is 0 Å². The minimum Gasteiger partial charge on any atom is -0.338 e. The van der Waals surface area contributed by atoms with Gasteiger partial charge in [-0.05, 0) is 43.2 Å². The van der Waals surface area contributed by atoms with Crippen LogP contribution in [0, 0.1) is 12.8 Å². The van der Waals surface area contributed by atoms with Gasteiger partial charge in [0, 0.05) is 25.6 Å². The first-order chi connectivity index (χ1) is 10.2. The zero-order chi connectivity index (χ0) is 15.2. The molecule has 1 saturated heterocycles. The molecule has 1 aromatic carbocycles. The van der Waals surface area contributed by atoms with Crippen molar-refractivity contribution in [3.63, 3.8) is 0 Å². The summed E-state index contributed by atoms with van der Waals surface area (Å²) < 4.78 is 0. The van der Waals surface area contributed by atoms with Gasteiger partial charge in [-0.1, -0.05) is 37.6 Å². The van der Waals surface area contributed by atoms with Crippen molar-refractivity contribution in [3.05, 3.63) is 35.4 Å². The molecule has 2 N–H and O–H groups in total. The van der Waals surface area contributed by atoms with Crippen molar-refractivity contribution < 1.29 is 4.79 Å². The quantitative estimate of drug-likeness (QED) is 0.905. The van der Waals surface area contributed by atoms with Gasteiger partial charge in [-0.2, -0.15) is 0 Å². The number of carbonyl (C=O) groups excluding carboxylic acids is 1. The Hall–Kier alpha value is -1.35. The number of piperidine rings is 1. The van der Waals surface area contributed by atoms with Gasteiger partial charge >= 0.3 is 0 Å². The molecule has 0 radical (unpaired) electrons. The summed E-state index contributed by atoms with van der Waals surface area (Å²) in [5.74, 6) is 1.00. The molecule has 0 spiro atoms. The summed E-state index contributed by atoms with van der Waals surface area (Å²) in [7, 11) is 0. The van der Waals surface area contributed by atoms with Gasteiger partial charge in [-0.3, -0.25) is 4.79 Å². The third kappa shape index (κ3) is 4.07. The van der Waals surface area contributed by atoms with E-state index in [4.69, 9.17) is 5.73 Å².